The van der Waals surface area contributed by atoms with Gasteiger partial charge in [-0.15, -0.1) is 6.42 Å². The fourth-order valence-corrected chi connectivity index (χ4v) is 2.51. The van der Waals surface area contributed by atoms with Crippen LogP contribution in [-0.2, 0) is 6.54 Å². The van der Waals surface area contributed by atoms with Crippen molar-refractivity contribution in [2.45, 2.75) is 31.9 Å². The van der Waals surface area contributed by atoms with Crippen molar-refractivity contribution in [3.8, 4) is 12.3 Å². The third kappa shape index (κ3) is 3.09. The summed E-state index contributed by atoms with van der Waals surface area (Å²) in [6.45, 7) is 0.632. The molecule has 2 N–H and O–H groups in total. The zero-order valence-electron chi connectivity index (χ0n) is 10.5. The van der Waals surface area contributed by atoms with Gasteiger partial charge in [-0.1, -0.05) is 23.9 Å². The number of anilines is 1. The molecule has 2 atom stereocenters. The molecule has 0 aliphatic heterocycles. The standard InChI is InChI=1S/C13H16ClN3O2/c1-2-6-17-13(19)12(10(14)8-16-17)15-7-9-4-3-5-11(9)18/h1,8-9,11,15,18H,3-7H2. The third-order valence-electron chi connectivity index (χ3n) is 3.40. The SMILES string of the molecule is C#CCn1ncc(Cl)c(NCC2CCCC2O)c1=O. The van der Waals surface area contributed by atoms with Crippen molar-refractivity contribution in [2.75, 3.05) is 11.9 Å². The number of hydrogen-bond donors (Lipinski definition) is 2. The summed E-state index contributed by atoms with van der Waals surface area (Å²) in [6.07, 6.45) is 9.05. The molecule has 0 bridgehead atoms. The van der Waals surface area contributed by atoms with Crippen LogP contribution in [0.5, 0.6) is 0 Å². The Bertz CT molecular complexity index is 550. The van der Waals surface area contributed by atoms with E-state index in [0.717, 1.165) is 19.3 Å². The van der Waals surface area contributed by atoms with Crippen LogP contribution in [0, 0.1) is 18.3 Å². The van der Waals surface area contributed by atoms with E-state index in [1.165, 1.54) is 10.9 Å². The van der Waals surface area contributed by atoms with Crippen LogP contribution in [0.4, 0.5) is 5.69 Å². The first-order valence-corrected chi connectivity index (χ1v) is 6.62. The lowest BCUT2D eigenvalue weighted by molar-refractivity contribution is 0.138. The fraction of sp³-hybridized carbons (Fsp3) is 0.538. The second kappa shape index (κ2) is 6.09. The van der Waals surface area contributed by atoms with Gasteiger partial charge in [-0.3, -0.25) is 4.79 Å². The number of terminal acetylenes is 1. The number of hydrogen-bond acceptors (Lipinski definition) is 4. The Balaban J connectivity index is 2.13. The lowest BCUT2D eigenvalue weighted by Gasteiger charge is -2.16. The van der Waals surface area contributed by atoms with E-state index in [4.69, 9.17) is 18.0 Å². The van der Waals surface area contributed by atoms with Gasteiger partial charge in [0.25, 0.3) is 5.56 Å². The van der Waals surface area contributed by atoms with Gasteiger partial charge in [-0.25, -0.2) is 4.68 Å². The van der Waals surface area contributed by atoms with Crippen molar-refractivity contribution in [2.24, 2.45) is 5.92 Å². The van der Waals surface area contributed by atoms with Crippen molar-refractivity contribution in [1.82, 2.24) is 9.78 Å². The molecule has 1 aromatic rings. The molecule has 1 aliphatic carbocycles. The lowest BCUT2D eigenvalue weighted by Crippen LogP contribution is -2.29. The van der Waals surface area contributed by atoms with Crippen LogP contribution in [0.15, 0.2) is 11.0 Å². The van der Waals surface area contributed by atoms with Gasteiger partial charge in [-0.05, 0) is 12.8 Å². The predicted octanol–water partition coefficient (Wildman–Crippen LogP) is 1.10. The molecule has 0 saturated heterocycles. The zero-order valence-corrected chi connectivity index (χ0v) is 11.2. The summed E-state index contributed by atoms with van der Waals surface area (Å²) in [4.78, 5) is 12.1. The molecule has 6 heteroatoms. The van der Waals surface area contributed by atoms with Crippen LogP contribution in [0.2, 0.25) is 5.02 Å². The van der Waals surface area contributed by atoms with Crippen LogP contribution in [-0.4, -0.2) is 27.5 Å². The highest BCUT2D eigenvalue weighted by molar-refractivity contribution is 6.32. The van der Waals surface area contributed by atoms with Crippen LogP contribution in [0.25, 0.3) is 0 Å². The molecule has 2 unspecified atom stereocenters. The number of halogens is 1. The highest BCUT2D eigenvalue weighted by atomic mass is 35.5. The molecule has 2 rings (SSSR count). The number of nitrogens with zero attached hydrogens (tertiary/aromatic N) is 2. The number of aliphatic hydroxyl groups is 1. The average Bonchev–Trinajstić information content (AvgIpc) is 2.79. The van der Waals surface area contributed by atoms with E-state index in [0.29, 0.717) is 12.2 Å². The summed E-state index contributed by atoms with van der Waals surface area (Å²) in [5.74, 6) is 2.52. The molecule has 5 nitrogen and oxygen atoms in total. The van der Waals surface area contributed by atoms with Gasteiger partial charge in [0, 0.05) is 12.5 Å². The average molecular weight is 282 g/mol. The van der Waals surface area contributed by atoms with E-state index >= 15 is 0 Å². The Labute approximate surface area is 116 Å². The second-order valence-electron chi connectivity index (χ2n) is 4.67. The van der Waals surface area contributed by atoms with Crippen LogP contribution >= 0.6 is 11.6 Å². The molecule has 102 valence electrons. The molecular weight excluding hydrogens is 266 g/mol. The van der Waals surface area contributed by atoms with Gasteiger partial charge in [0.1, 0.15) is 12.2 Å². The predicted molar refractivity (Wildman–Crippen MR) is 74.2 cm³/mol. The van der Waals surface area contributed by atoms with E-state index in [9.17, 15) is 9.90 Å². The minimum Gasteiger partial charge on any atom is -0.393 e. The molecule has 19 heavy (non-hydrogen) atoms. The van der Waals surface area contributed by atoms with Gasteiger partial charge < -0.3 is 10.4 Å². The van der Waals surface area contributed by atoms with Gasteiger partial charge in [0.15, 0.2) is 0 Å². The van der Waals surface area contributed by atoms with Crippen molar-refractivity contribution in [3.05, 3.63) is 21.6 Å². The summed E-state index contributed by atoms with van der Waals surface area (Å²) < 4.78 is 1.18. The molecule has 1 heterocycles. The molecule has 1 saturated carbocycles. The Hall–Kier alpha value is -1.51. The van der Waals surface area contributed by atoms with E-state index in [-0.39, 0.29) is 29.1 Å². The smallest absolute Gasteiger partial charge is 0.292 e. The molecule has 0 spiro atoms. The minimum atomic E-state index is -0.335. The first kappa shape index (κ1) is 13.9. The van der Waals surface area contributed by atoms with Gasteiger partial charge >= 0.3 is 0 Å². The van der Waals surface area contributed by atoms with Gasteiger partial charge in [-0.2, -0.15) is 5.10 Å². The Kier molecular flexibility index (Phi) is 4.46. The molecule has 0 amide bonds. The molecule has 0 radical (unpaired) electrons. The summed E-state index contributed by atoms with van der Waals surface area (Å²) in [5, 5.41) is 16.9. The summed E-state index contributed by atoms with van der Waals surface area (Å²) in [5.41, 5.74) is -0.0380. The van der Waals surface area contributed by atoms with Crippen LogP contribution < -0.4 is 10.9 Å². The topological polar surface area (TPSA) is 67.2 Å². The van der Waals surface area contributed by atoms with Crippen LogP contribution in [0.3, 0.4) is 0 Å². The maximum absolute atomic E-state index is 12.1. The van der Waals surface area contributed by atoms with Crippen molar-refractivity contribution in [3.63, 3.8) is 0 Å². The number of aliphatic hydroxyl groups excluding tert-OH is 1. The van der Waals surface area contributed by atoms with Gasteiger partial charge in [0.05, 0.1) is 17.3 Å². The highest BCUT2D eigenvalue weighted by Crippen LogP contribution is 2.26. The molecule has 1 aliphatic rings. The summed E-state index contributed by atoms with van der Waals surface area (Å²) >= 11 is 5.97. The fourth-order valence-electron chi connectivity index (χ4n) is 2.32. The van der Waals surface area contributed by atoms with Gasteiger partial charge in [0.2, 0.25) is 0 Å². The lowest BCUT2D eigenvalue weighted by atomic mass is 10.1. The first-order chi connectivity index (χ1) is 9.13. The number of rotatable bonds is 4. The Morgan fingerprint density at radius 2 is 2.42 bits per heavy atom. The summed E-state index contributed by atoms with van der Waals surface area (Å²) in [7, 11) is 0. The normalized spacial score (nSPS) is 22.2. The van der Waals surface area contributed by atoms with E-state index < -0.39 is 0 Å². The molecule has 0 aromatic carbocycles. The number of aromatic nitrogens is 2. The highest BCUT2D eigenvalue weighted by Gasteiger charge is 2.25. The monoisotopic (exact) mass is 281 g/mol. The molecule has 1 fully saturated rings. The van der Waals surface area contributed by atoms with Crippen molar-refractivity contribution < 1.29 is 5.11 Å². The third-order valence-corrected chi connectivity index (χ3v) is 3.69. The summed E-state index contributed by atoms with van der Waals surface area (Å²) in [6, 6.07) is 0. The molecular formula is C13H16ClN3O2. The van der Waals surface area contributed by atoms with E-state index in [1.807, 2.05) is 0 Å². The van der Waals surface area contributed by atoms with Crippen molar-refractivity contribution in [1.29, 1.82) is 0 Å². The second-order valence-corrected chi connectivity index (χ2v) is 5.08. The molecule has 1 aromatic heterocycles. The quantitative estimate of drug-likeness (QED) is 0.811. The Morgan fingerprint density at radius 3 is 3.05 bits per heavy atom. The minimum absolute atomic E-state index is 0.108. The maximum atomic E-state index is 12.1. The van der Waals surface area contributed by atoms with Crippen LogP contribution in [0.1, 0.15) is 19.3 Å². The first-order valence-electron chi connectivity index (χ1n) is 6.24. The van der Waals surface area contributed by atoms with E-state index in [1.54, 1.807) is 0 Å². The zero-order chi connectivity index (χ0) is 13.8. The van der Waals surface area contributed by atoms with E-state index in [2.05, 4.69) is 16.3 Å². The Morgan fingerprint density at radius 1 is 1.63 bits per heavy atom. The van der Waals surface area contributed by atoms with Crippen molar-refractivity contribution >= 4 is 17.3 Å². The number of nitrogens with one attached hydrogen (secondary N) is 1. The largest absolute Gasteiger partial charge is 0.393 e. The maximum Gasteiger partial charge on any atom is 0.292 e.